The summed E-state index contributed by atoms with van der Waals surface area (Å²) in [7, 11) is 0. The molecule has 2 unspecified atom stereocenters. The summed E-state index contributed by atoms with van der Waals surface area (Å²) < 4.78 is 13.9. The molecule has 0 spiro atoms. The molecular weight excluding hydrogens is 285 g/mol. The minimum Gasteiger partial charge on any atom is -0.393 e. The van der Waals surface area contributed by atoms with Gasteiger partial charge in [0.2, 0.25) is 0 Å². The van der Waals surface area contributed by atoms with Gasteiger partial charge in [0.15, 0.2) is 0 Å². The van der Waals surface area contributed by atoms with Gasteiger partial charge in [0, 0.05) is 18.0 Å². The molecule has 1 amide bonds. The molecular formula is C16H18FN3O2. The molecule has 1 saturated carbocycles. The molecule has 1 aromatic carbocycles. The van der Waals surface area contributed by atoms with Crippen LogP contribution >= 0.6 is 0 Å². The number of amides is 1. The van der Waals surface area contributed by atoms with E-state index in [1.165, 1.54) is 12.3 Å². The Bertz CT molecular complexity index is 671. The summed E-state index contributed by atoms with van der Waals surface area (Å²) >= 11 is 0. The van der Waals surface area contributed by atoms with Crippen molar-refractivity contribution >= 4 is 5.91 Å². The maximum atomic E-state index is 13.9. The van der Waals surface area contributed by atoms with E-state index in [9.17, 15) is 14.3 Å². The van der Waals surface area contributed by atoms with Crippen LogP contribution in [0.15, 0.2) is 30.5 Å². The van der Waals surface area contributed by atoms with E-state index in [4.69, 9.17) is 0 Å². The number of carbonyl (C=O) groups is 1. The van der Waals surface area contributed by atoms with Gasteiger partial charge in [-0.25, -0.2) is 4.39 Å². The molecule has 1 heterocycles. The first-order chi connectivity index (χ1) is 10.7. The second kappa shape index (κ2) is 6.27. The fraction of sp³-hybridized carbons (Fsp3) is 0.375. The fourth-order valence-electron chi connectivity index (χ4n) is 2.90. The van der Waals surface area contributed by atoms with Gasteiger partial charge in [-0.1, -0.05) is 18.6 Å². The van der Waals surface area contributed by atoms with Gasteiger partial charge in [0.1, 0.15) is 5.82 Å². The monoisotopic (exact) mass is 303 g/mol. The van der Waals surface area contributed by atoms with Gasteiger partial charge in [-0.2, -0.15) is 5.10 Å². The minimum absolute atomic E-state index is 0.0905. The zero-order valence-electron chi connectivity index (χ0n) is 12.1. The topological polar surface area (TPSA) is 78.0 Å². The second-order valence-corrected chi connectivity index (χ2v) is 5.61. The van der Waals surface area contributed by atoms with Crippen LogP contribution in [0, 0.1) is 11.7 Å². The van der Waals surface area contributed by atoms with Gasteiger partial charge in [-0.15, -0.1) is 0 Å². The van der Waals surface area contributed by atoms with Gasteiger partial charge >= 0.3 is 0 Å². The lowest BCUT2D eigenvalue weighted by molar-refractivity contribution is 0.0917. The third-order valence-electron chi connectivity index (χ3n) is 4.17. The summed E-state index contributed by atoms with van der Waals surface area (Å²) in [5, 5.41) is 19.1. The van der Waals surface area contributed by atoms with Crippen LogP contribution < -0.4 is 5.32 Å². The average molecular weight is 303 g/mol. The second-order valence-electron chi connectivity index (χ2n) is 5.61. The van der Waals surface area contributed by atoms with Crippen LogP contribution in [0.1, 0.15) is 29.6 Å². The molecule has 0 radical (unpaired) electrons. The number of aromatic nitrogens is 2. The van der Waals surface area contributed by atoms with Crippen molar-refractivity contribution in [2.45, 2.75) is 25.4 Å². The van der Waals surface area contributed by atoms with Crippen molar-refractivity contribution in [3.05, 3.63) is 41.8 Å². The summed E-state index contributed by atoms with van der Waals surface area (Å²) in [6.45, 7) is 0.419. The van der Waals surface area contributed by atoms with Crippen molar-refractivity contribution in [2.75, 3.05) is 6.54 Å². The molecule has 0 bridgehead atoms. The third-order valence-corrected chi connectivity index (χ3v) is 4.17. The summed E-state index contributed by atoms with van der Waals surface area (Å²) in [5.41, 5.74) is 0.978. The summed E-state index contributed by atoms with van der Waals surface area (Å²) in [6.07, 6.45) is 3.71. The van der Waals surface area contributed by atoms with Gasteiger partial charge in [-0.3, -0.25) is 9.89 Å². The molecule has 3 rings (SSSR count). The third kappa shape index (κ3) is 2.87. The summed E-state index contributed by atoms with van der Waals surface area (Å²) in [6, 6.07) is 6.24. The highest BCUT2D eigenvalue weighted by atomic mass is 19.1. The van der Waals surface area contributed by atoms with Crippen molar-refractivity contribution < 1.29 is 14.3 Å². The van der Waals surface area contributed by atoms with Crippen LogP contribution in [0.3, 0.4) is 0 Å². The van der Waals surface area contributed by atoms with Crippen LogP contribution in [0.5, 0.6) is 0 Å². The number of rotatable bonds is 4. The van der Waals surface area contributed by atoms with E-state index >= 15 is 0 Å². The molecule has 1 fully saturated rings. The molecule has 0 aliphatic heterocycles. The normalized spacial score (nSPS) is 21.0. The Hall–Kier alpha value is -2.21. The van der Waals surface area contributed by atoms with Crippen molar-refractivity contribution in [1.82, 2.24) is 15.5 Å². The number of nitrogens with zero attached hydrogens (tertiary/aromatic N) is 1. The Kier molecular flexibility index (Phi) is 4.20. The Balaban J connectivity index is 1.74. The Morgan fingerprint density at radius 2 is 2.23 bits per heavy atom. The average Bonchev–Trinajstić information content (AvgIpc) is 3.14. The number of aliphatic hydroxyl groups is 1. The number of hydrogen-bond donors (Lipinski definition) is 3. The number of halogens is 1. The molecule has 1 aliphatic carbocycles. The van der Waals surface area contributed by atoms with E-state index in [-0.39, 0.29) is 17.9 Å². The van der Waals surface area contributed by atoms with E-state index in [1.54, 1.807) is 18.2 Å². The van der Waals surface area contributed by atoms with E-state index in [0.29, 0.717) is 23.4 Å². The Morgan fingerprint density at radius 3 is 2.95 bits per heavy atom. The summed E-state index contributed by atoms with van der Waals surface area (Å²) in [4.78, 5) is 12.3. The lowest BCUT2D eigenvalue weighted by Crippen LogP contribution is -2.32. The van der Waals surface area contributed by atoms with E-state index in [2.05, 4.69) is 15.5 Å². The molecule has 2 atom stereocenters. The number of hydrogen-bond acceptors (Lipinski definition) is 3. The largest absolute Gasteiger partial charge is 0.393 e. The molecule has 1 aliphatic rings. The SMILES string of the molecule is O=C(NCC1CCCC1O)c1cn[nH]c1-c1ccccc1F. The minimum atomic E-state index is -0.410. The number of H-pyrrole nitrogens is 1. The Morgan fingerprint density at radius 1 is 1.41 bits per heavy atom. The van der Waals surface area contributed by atoms with Gasteiger partial charge in [0.05, 0.1) is 23.6 Å². The molecule has 0 saturated heterocycles. The van der Waals surface area contributed by atoms with Crippen molar-refractivity contribution in [2.24, 2.45) is 5.92 Å². The molecule has 2 aromatic rings. The highest BCUT2D eigenvalue weighted by Gasteiger charge is 2.26. The Labute approximate surface area is 127 Å². The van der Waals surface area contributed by atoms with Gasteiger partial charge in [0.25, 0.3) is 5.91 Å². The van der Waals surface area contributed by atoms with Gasteiger partial charge < -0.3 is 10.4 Å². The zero-order valence-corrected chi connectivity index (χ0v) is 12.1. The maximum absolute atomic E-state index is 13.9. The molecule has 6 heteroatoms. The zero-order chi connectivity index (χ0) is 15.5. The van der Waals surface area contributed by atoms with Crippen molar-refractivity contribution in [1.29, 1.82) is 0 Å². The smallest absolute Gasteiger partial charge is 0.255 e. The van der Waals surface area contributed by atoms with Crippen LogP contribution in [-0.2, 0) is 0 Å². The van der Waals surface area contributed by atoms with Crippen molar-refractivity contribution in [3.8, 4) is 11.3 Å². The quantitative estimate of drug-likeness (QED) is 0.809. The first kappa shape index (κ1) is 14.7. The van der Waals surface area contributed by atoms with E-state index < -0.39 is 5.82 Å². The highest BCUT2D eigenvalue weighted by Crippen LogP contribution is 2.26. The number of nitrogens with one attached hydrogen (secondary N) is 2. The predicted octanol–water partition coefficient (Wildman–Crippen LogP) is 2.11. The first-order valence-electron chi connectivity index (χ1n) is 7.41. The van der Waals surface area contributed by atoms with Crippen molar-refractivity contribution in [3.63, 3.8) is 0 Å². The summed E-state index contributed by atoms with van der Waals surface area (Å²) in [5.74, 6) is -0.633. The van der Waals surface area contributed by atoms with E-state index in [0.717, 1.165) is 19.3 Å². The standard InChI is InChI=1S/C16H18FN3O2/c17-13-6-2-1-5-11(13)15-12(9-19-20-15)16(22)18-8-10-4-3-7-14(10)21/h1-2,5-6,9-10,14,21H,3-4,7-8H2,(H,18,22)(H,19,20). The van der Waals surface area contributed by atoms with Crippen LogP contribution in [0.4, 0.5) is 4.39 Å². The fourth-order valence-corrected chi connectivity index (χ4v) is 2.90. The number of benzene rings is 1. The highest BCUT2D eigenvalue weighted by molar-refractivity contribution is 5.99. The first-order valence-corrected chi connectivity index (χ1v) is 7.41. The van der Waals surface area contributed by atoms with Gasteiger partial charge in [-0.05, 0) is 25.0 Å². The number of carbonyl (C=O) groups excluding carboxylic acids is 1. The lowest BCUT2D eigenvalue weighted by Gasteiger charge is -2.15. The molecule has 116 valence electrons. The molecule has 5 nitrogen and oxygen atoms in total. The van der Waals surface area contributed by atoms with Crippen LogP contribution in [0.2, 0.25) is 0 Å². The molecule has 3 N–H and O–H groups in total. The molecule has 1 aromatic heterocycles. The number of aliphatic hydroxyl groups excluding tert-OH is 1. The predicted molar refractivity (Wildman–Crippen MR) is 79.7 cm³/mol. The number of aromatic amines is 1. The van der Waals surface area contributed by atoms with E-state index in [1.807, 2.05) is 0 Å². The maximum Gasteiger partial charge on any atom is 0.255 e. The lowest BCUT2D eigenvalue weighted by atomic mass is 10.0. The van der Waals surface area contributed by atoms with Crippen LogP contribution in [0.25, 0.3) is 11.3 Å². The molecule has 22 heavy (non-hydrogen) atoms. The van der Waals surface area contributed by atoms with Crippen LogP contribution in [-0.4, -0.2) is 33.9 Å².